The van der Waals surface area contributed by atoms with Gasteiger partial charge in [0.05, 0.1) is 5.56 Å². The molecule has 2 aliphatic rings. The Kier molecular flexibility index (Phi) is 4.95. The van der Waals surface area contributed by atoms with Crippen LogP contribution in [0.4, 0.5) is 0 Å². The van der Waals surface area contributed by atoms with E-state index in [1.807, 2.05) is 0 Å². The molecule has 3 heterocycles. The predicted molar refractivity (Wildman–Crippen MR) is 88.4 cm³/mol. The Morgan fingerprint density at radius 1 is 1.33 bits per heavy atom. The number of carbonyl (C=O) groups is 1. The fourth-order valence-electron chi connectivity index (χ4n) is 3.34. The molecule has 1 aromatic rings. The van der Waals surface area contributed by atoms with E-state index in [0.29, 0.717) is 30.5 Å². The molecule has 0 spiro atoms. The van der Waals surface area contributed by atoms with E-state index in [1.54, 1.807) is 11.8 Å². The first-order valence-corrected chi connectivity index (χ1v) is 9.68. The first-order chi connectivity index (χ1) is 11.4. The van der Waals surface area contributed by atoms with Gasteiger partial charge >= 0.3 is 0 Å². The number of amides is 1. The fourth-order valence-corrected chi connectivity index (χ4v) is 4.05. The zero-order chi connectivity index (χ0) is 17.3. The lowest BCUT2D eigenvalue weighted by Crippen LogP contribution is -2.49. The molecule has 0 bridgehead atoms. The Morgan fingerprint density at radius 3 is 2.71 bits per heavy atom. The van der Waals surface area contributed by atoms with Gasteiger partial charge in [0, 0.05) is 51.4 Å². The summed E-state index contributed by atoms with van der Waals surface area (Å²) in [7, 11) is -2.37. The summed E-state index contributed by atoms with van der Waals surface area (Å²) in [5.41, 5.74) is 0.324. The maximum absolute atomic E-state index is 12.7. The summed E-state index contributed by atoms with van der Waals surface area (Å²) >= 11 is 0. The summed E-state index contributed by atoms with van der Waals surface area (Å²) in [6, 6.07) is 1.70. The molecule has 24 heavy (non-hydrogen) atoms. The Balaban J connectivity index is 1.71. The third kappa shape index (κ3) is 3.34. The van der Waals surface area contributed by atoms with E-state index < -0.39 is 10.0 Å². The minimum atomic E-state index is -3.69. The van der Waals surface area contributed by atoms with E-state index >= 15 is 0 Å². The molecule has 0 saturated carbocycles. The van der Waals surface area contributed by atoms with E-state index in [0.717, 1.165) is 32.6 Å². The molecule has 1 atom stereocenters. The van der Waals surface area contributed by atoms with E-state index in [-0.39, 0.29) is 11.0 Å². The second kappa shape index (κ2) is 6.83. The molecule has 3 rings (SSSR count). The van der Waals surface area contributed by atoms with E-state index in [2.05, 4.69) is 14.9 Å². The van der Waals surface area contributed by atoms with Crippen molar-refractivity contribution in [3.8, 4) is 0 Å². The summed E-state index contributed by atoms with van der Waals surface area (Å²) in [4.78, 5) is 17.0. The number of aryl methyl sites for hydroxylation is 1. The highest BCUT2D eigenvalue weighted by Gasteiger charge is 2.33. The lowest BCUT2D eigenvalue weighted by molar-refractivity contribution is 0.0771. The first kappa shape index (κ1) is 17.4. The van der Waals surface area contributed by atoms with Gasteiger partial charge in [-0.25, -0.2) is 13.1 Å². The van der Waals surface area contributed by atoms with Gasteiger partial charge in [-0.05, 0) is 20.4 Å². The Morgan fingerprint density at radius 2 is 2.04 bits per heavy atom. The van der Waals surface area contributed by atoms with Crippen LogP contribution in [0.1, 0.15) is 22.5 Å². The van der Waals surface area contributed by atoms with Crippen LogP contribution in [-0.2, 0) is 10.0 Å². The standard InChI is InChI=1S/C15H24N4O4S/c1-11-13(9-14(23-11)24(21,22)16-2)15(20)19-6-3-12(10-19)18-7-4-17-5-8-18/h9,12,16-17H,3-8,10H2,1-2H3. The average Bonchev–Trinajstić information content (AvgIpc) is 3.22. The minimum absolute atomic E-state index is 0.161. The number of piperazine rings is 1. The molecule has 2 N–H and O–H groups in total. The van der Waals surface area contributed by atoms with Crippen molar-refractivity contribution in [2.24, 2.45) is 0 Å². The predicted octanol–water partition coefficient (Wildman–Crippen LogP) is -0.384. The zero-order valence-corrected chi connectivity index (χ0v) is 14.9. The minimum Gasteiger partial charge on any atom is -0.448 e. The molecule has 2 saturated heterocycles. The fraction of sp³-hybridized carbons (Fsp3) is 0.667. The smallest absolute Gasteiger partial charge is 0.273 e. The molecule has 0 aromatic carbocycles. The van der Waals surface area contributed by atoms with Gasteiger partial charge in [-0.15, -0.1) is 0 Å². The van der Waals surface area contributed by atoms with Gasteiger partial charge in [-0.1, -0.05) is 0 Å². The van der Waals surface area contributed by atoms with Crippen LogP contribution < -0.4 is 10.0 Å². The normalized spacial score (nSPS) is 22.9. The van der Waals surface area contributed by atoms with Crippen molar-refractivity contribution < 1.29 is 17.6 Å². The maximum Gasteiger partial charge on any atom is 0.273 e. The van der Waals surface area contributed by atoms with Crippen LogP contribution in [0.2, 0.25) is 0 Å². The number of hydrogen-bond acceptors (Lipinski definition) is 6. The van der Waals surface area contributed by atoms with Crippen molar-refractivity contribution in [2.75, 3.05) is 46.3 Å². The summed E-state index contributed by atoms with van der Waals surface area (Å²) in [6.07, 6.45) is 0.949. The van der Waals surface area contributed by atoms with Gasteiger partial charge in [-0.2, -0.15) is 0 Å². The number of nitrogens with zero attached hydrogens (tertiary/aromatic N) is 2. The molecule has 1 amide bonds. The topological polar surface area (TPSA) is 94.9 Å². The molecule has 1 unspecified atom stereocenters. The lowest BCUT2D eigenvalue weighted by atomic mass is 10.2. The SMILES string of the molecule is CNS(=O)(=O)c1cc(C(=O)N2CCC(N3CCNCC3)C2)c(C)o1. The number of furan rings is 1. The van der Waals surface area contributed by atoms with Gasteiger partial charge in [0.15, 0.2) is 0 Å². The van der Waals surface area contributed by atoms with Gasteiger partial charge in [-0.3, -0.25) is 9.69 Å². The summed E-state index contributed by atoms with van der Waals surface area (Å²) in [5.74, 6) is 0.172. The van der Waals surface area contributed by atoms with Crippen molar-refractivity contribution >= 4 is 15.9 Å². The molecule has 9 heteroatoms. The Hall–Kier alpha value is -1.42. The van der Waals surface area contributed by atoms with E-state index in [4.69, 9.17) is 4.42 Å². The van der Waals surface area contributed by atoms with E-state index in [9.17, 15) is 13.2 Å². The van der Waals surface area contributed by atoms with Crippen LogP contribution in [0.5, 0.6) is 0 Å². The molecule has 2 aliphatic heterocycles. The van der Waals surface area contributed by atoms with Crippen molar-refractivity contribution in [3.05, 3.63) is 17.4 Å². The number of sulfonamides is 1. The van der Waals surface area contributed by atoms with Crippen molar-refractivity contribution in [1.82, 2.24) is 19.8 Å². The van der Waals surface area contributed by atoms with Gasteiger partial charge in [0.25, 0.3) is 15.9 Å². The van der Waals surface area contributed by atoms with Crippen LogP contribution in [0.15, 0.2) is 15.6 Å². The molecule has 0 radical (unpaired) electrons. The van der Waals surface area contributed by atoms with E-state index in [1.165, 1.54) is 13.1 Å². The molecule has 2 fully saturated rings. The second-order valence-electron chi connectivity index (χ2n) is 6.22. The number of carbonyl (C=O) groups excluding carboxylic acids is 1. The molecule has 8 nitrogen and oxygen atoms in total. The number of nitrogens with one attached hydrogen (secondary N) is 2. The summed E-state index contributed by atoms with van der Waals surface area (Å²) in [5, 5.41) is 3.11. The van der Waals surface area contributed by atoms with Gasteiger partial charge in [0.2, 0.25) is 5.09 Å². The maximum atomic E-state index is 12.7. The molecule has 0 aliphatic carbocycles. The van der Waals surface area contributed by atoms with Crippen molar-refractivity contribution in [1.29, 1.82) is 0 Å². The summed E-state index contributed by atoms with van der Waals surface area (Å²) in [6.45, 7) is 6.95. The van der Waals surface area contributed by atoms with Gasteiger partial charge in [0.1, 0.15) is 5.76 Å². The number of hydrogen-bond donors (Lipinski definition) is 2. The lowest BCUT2D eigenvalue weighted by Gasteiger charge is -2.32. The zero-order valence-electron chi connectivity index (χ0n) is 14.0. The molecule has 134 valence electrons. The molecular weight excluding hydrogens is 332 g/mol. The van der Waals surface area contributed by atoms with Crippen LogP contribution in [0, 0.1) is 6.92 Å². The molecule has 1 aromatic heterocycles. The van der Waals surface area contributed by atoms with Crippen LogP contribution >= 0.6 is 0 Å². The number of rotatable bonds is 4. The van der Waals surface area contributed by atoms with Crippen LogP contribution in [0.25, 0.3) is 0 Å². The highest BCUT2D eigenvalue weighted by molar-refractivity contribution is 7.89. The van der Waals surface area contributed by atoms with Gasteiger partial charge < -0.3 is 14.6 Å². The monoisotopic (exact) mass is 356 g/mol. The first-order valence-electron chi connectivity index (χ1n) is 8.20. The highest BCUT2D eigenvalue weighted by Crippen LogP contribution is 2.23. The van der Waals surface area contributed by atoms with Crippen molar-refractivity contribution in [3.63, 3.8) is 0 Å². The third-order valence-electron chi connectivity index (χ3n) is 4.78. The highest BCUT2D eigenvalue weighted by atomic mass is 32.2. The van der Waals surface area contributed by atoms with Crippen LogP contribution in [0.3, 0.4) is 0 Å². The summed E-state index contributed by atoms with van der Waals surface area (Å²) < 4.78 is 31.1. The largest absolute Gasteiger partial charge is 0.448 e. The van der Waals surface area contributed by atoms with Crippen molar-refractivity contribution in [2.45, 2.75) is 24.5 Å². The Bertz CT molecular complexity index is 709. The quantitative estimate of drug-likeness (QED) is 0.763. The number of likely N-dealkylation sites (tertiary alicyclic amines) is 1. The van der Waals surface area contributed by atoms with Crippen LogP contribution in [-0.4, -0.2) is 76.5 Å². The third-order valence-corrected chi connectivity index (χ3v) is 6.05. The average molecular weight is 356 g/mol. The Labute approximate surface area is 142 Å². The molecular formula is C15H24N4O4S. The second-order valence-corrected chi connectivity index (χ2v) is 8.04.